The van der Waals surface area contributed by atoms with Gasteiger partial charge in [0.05, 0.1) is 0 Å². The average Bonchev–Trinajstić information content (AvgIpc) is 2.71. The molecule has 0 unspecified atom stereocenters. The molecule has 0 spiro atoms. The van der Waals surface area contributed by atoms with Crippen LogP contribution in [0.4, 0.5) is 0 Å². The van der Waals surface area contributed by atoms with Gasteiger partial charge in [0, 0.05) is 0 Å². The van der Waals surface area contributed by atoms with Gasteiger partial charge < -0.3 is 5.11 Å². The van der Waals surface area contributed by atoms with Crippen molar-refractivity contribution in [3.8, 4) is 5.75 Å². The number of hydrogen-bond acceptors (Lipinski definition) is 1. The highest BCUT2D eigenvalue weighted by Crippen LogP contribution is 2.30. The minimum absolute atomic E-state index is 0.390. The van der Waals surface area contributed by atoms with Crippen molar-refractivity contribution in [2.45, 2.75) is 135 Å². The Bertz CT molecular complexity index is 416. The molecule has 0 aliphatic rings. The quantitative estimate of drug-likeness (QED) is 0.234. The van der Waals surface area contributed by atoms with Gasteiger partial charge >= 0.3 is 0 Å². The zero-order valence-corrected chi connectivity index (χ0v) is 19.1. The maximum absolute atomic E-state index is 9.61. The Kier molecular flexibility index (Phi) is 16.2. The molecule has 1 heteroatoms. The van der Waals surface area contributed by atoms with E-state index in [0.29, 0.717) is 11.7 Å². The molecule has 162 valence electrons. The van der Waals surface area contributed by atoms with E-state index >= 15 is 0 Å². The molecule has 0 heterocycles. The van der Waals surface area contributed by atoms with Crippen LogP contribution >= 0.6 is 0 Å². The van der Waals surface area contributed by atoms with Crippen LogP contribution in [0.1, 0.15) is 141 Å². The Morgan fingerprint density at radius 3 is 1.29 bits per heavy atom. The Hall–Kier alpha value is -0.980. The molecule has 1 aromatic rings. The second-order valence-electron chi connectivity index (χ2n) is 8.82. The third-order valence-electron chi connectivity index (χ3n) is 6.18. The van der Waals surface area contributed by atoms with Crippen molar-refractivity contribution >= 4 is 0 Å². The Balaban J connectivity index is 2.24. The lowest BCUT2D eigenvalue weighted by Crippen LogP contribution is -2.00. The van der Waals surface area contributed by atoms with Crippen LogP contribution in [0, 0.1) is 0 Å². The van der Waals surface area contributed by atoms with E-state index in [-0.39, 0.29) is 0 Å². The monoisotopic (exact) mass is 388 g/mol. The Morgan fingerprint density at radius 2 is 0.893 bits per heavy atom. The molecule has 0 radical (unpaired) electrons. The second-order valence-corrected chi connectivity index (χ2v) is 8.82. The number of unbranched alkanes of at least 4 members (excludes halogenated alkanes) is 14. The van der Waals surface area contributed by atoms with Crippen LogP contribution in [0.2, 0.25) is 0 Å². The molecule has 0 aliphatic heterocycles. The highest BCUT2D eigenvalue weighted by Gasteiger charge is 2.11. The zero-order valence-electron chi connectivity index (χ0n) is 19.1. The number of phenols is 1. The van der Waals surface area contributed by atoms with E-state index < -0.39 is 0 Å². The second kappa shape index (κ2) is 18.1. The summed E-state index contributed by atoms with van der Waals surface area (Å²) in [5.74, 6) is 1.07. The van der Waals surface area contributed by atoms with Crippen LogP contribution in [-0.2, 0) is 0 Å². The largest absolute Gasteiger partial charge is 0.508 e. The predicted octanol–water partition coefficient (Wildman–Crippen LogP) is 9.54. The van der Waals surface area contributed by atoms with Crippen molar-refractivity contribution in [2.75, 3.05) is 0 Å². The zero-order chi connectivity index (χ0) is 20.3. The summed E-state index contributed by atoms with van der Waals surface area (Å²) in [6.07, 6.45) is 25.0. The topological polar surface area (TPSA) is 20.2 Å². The van der Waals surface area contributed by atoms with Crippen LogP contribution in [0.15, 0.2) is 24.3 Å². The first-order valence-corrected chi connectivity index (χ1v) is 12.6. The molecular weight excluding hydrogens is 340 g/mol. The van der Waals surface area contributed by atoms with Crippen molar-refractivity contribution in [1.82, 2.24) is 0 Å². The Labute approximate surface area is 176 Å². The average molecular weight is 389 g/mol. The molecule has 0 saturated heterocycles. The van der Waals surface area contributed by atoms with E-state index in [0.717, 1.165) is 0 Å². The summed E-state index contributed by atoms with van der Waals surface area (Å²) in [7, 11) is 0. The summed E-state index contributed by atoms with van der Waals surface area (Å²) in [6, 6.07) is 8.03. The summed E-state index contributed by atoms with van der Waals surface area (Å²) >= 11 is 0. The highest BCUT2D eigenvalue weighted by atomic mass is 16.3. The molecule has 0 bridgehead atoms. The van der Waals surface area contributed by atoms with Gasteiger partial charge in [0.25, 0.3) is 0 Å². The number of aromatic hydroxyl groups is 1. The van der Waals surface area contributed by atoms with Gasteiger partial charge in [-0.05, 0) is 36.5 Å². The van der Waals surface area contributed by atoms with Gasteiger partial charge in [-0.2, -0.15) is 0 Å². The van der Waals surface area contributed by atoms with Gasteiger partial charge in [-0.3, -0.25) is 0 Å². The number of benzene rings is 1. The molecule has 1 N–H and O–H groups in total. The van der Waals surface area contributed by atoms with Gasteiger partial charge in [-0.15, -0.1) is 0 Å². The number of hydrogen-bond donors (Lipinski definition) is 1. The van der Waals surface area contributed by atoms with E-state index in [1.165, 1.54) is 121 Å². The Morgan fingerprint density at radius 1 is 0.536 bits per heavy atom. The first-order valence-electron chi connectivity index (χ1n) is 12.6. The van der Waals surface area contributed by atoms with E-state index in [4.69, 9.17) is 0 Å². The summed E-state index contributed by atoms with van der Waals surface area (Å²) in [6.45, 7) is 4.58. The first kappa shape index (κ1) is 25.1. The first-order chi connectivity index (χ1) is 13.8. The molecule has 0 fully saturated rings. The molecule has 0 aliphatic carbocycles. The van der Waals surface area contributed by atoms with Gasteiger partial charge in [0.15, 0.2) is 0 Å². The third kappa shape index (κ3) is 13.2. The van der Waals surface area contributed by atoms with Crippen LogP contribution in [0.3, 0.4) is 0 Å². The van der Waals surface area contributed by atoms with Crippen molar-refractivity contribution in [1.29, 1.82) is 0 Å². The molecule has 0 amide bonds. The lowest BCUT2D eigenvalue weighted by molar-refractivity contribution is 0.470. The highest BCUT2D eigenvalue weighted by molar-refractivity contribution is 5.28. The fourth-order valence-electron chi connectivity index (χ4n) is 4.27. The van der Waals surface area contributed by atoms with Crippen molar-refractivity contribution in [3.63, 3.8) is 0 Å². The standard InChI is InChI=1S/C27H48O/c1-3-5-7-9-11-13-15-17-19-25(26-21-23-27(28)24-22-26)20-18-16-14-12-10-8-6-4-2/h21-25,28H,3-20H2,1-2H3. The fraction of sp³-hybridized carbons (Fsp3) is 0.778. The van der Waals surface area contributed by atoms with Crippen LogP contribution in [0.25, 0.3) is 0 Å². The molecular formula is C27H48O. The van der Waals surface area contributed by atoms with Gasteiger partial charge in [-0.25, -0.2) is 0 Å². The smallest absolute Gasteiger partial charge is 0.115 e. The molecule has 1 nitrogen and oxygen atoms in total. The summed E-state index contributed by atoms with van der Waals surface area (Å²) in [5, 5.41) is 9.61. The molecule has 28 heavy (non-hydrogen) atoms. The molecule has 0 saturated carbocycles. The predicted molar refractivity (Wildman–Crippen MR) is 125 cm³/mol. The molecule has 0 aromatic heterocycles. The van der Waals surface area contributed by atoms with E-state index in [1.54, 1.807) is 0 Å². The SMILES string of the molecule is CCCCCCCCCCC(CCCCCCCCCC)c1ccc(O)cc1. The van der Waals surface area contributed by atoms with Crippen molar-refractivity contribution in [2.24, 2.45) is 0 Å². The van der Waals surface area contributed by atoms with Crippen LogP contribution in [-0.4, -0.2) is 5.11 Å². The minimum Gasteiger partial charge on any atom is -0.508 e. The van der Waals surface area contributed by atoms with Gasteiger partial charge in [-0.1, -0.05) is 129 Å². The molecule has 0 atom stereocenters. The van der Waals surface area contributed by atoms with Crippen LogP contribution < -0.4 is 0 Å². The third-order valence-corrected chi connectivity index (χ3v) is 6.18. The molecule has 1 rings (SSSR count). The van der Waals surface area contributed by atoms with E-state index in [2.05, 4.69) is 26.0 Å². The van der Waals surface area contributed by atoms with E-state index in [1.807, 2.05) is 12.1 Å². The maximum Gasteiger partial charge on any atom is 0.115 e. The lowest BCUT2D eigenvalue weighted by Gasteiger charge is -2.18. The van der Waals surface area contributed by atoms with Crippen molar-refractivity contribution < 1.29 is 5.11 Å². The van der Waals surface area contributed by atoms with Crippen molar-refractivity contribution in [3.05, 3.63) is 29.8 Å². The summed E-state index contributed by atoms with van der Waals surface area (Å²) < 4.78 is 0. The normalized spacial score (nSPS) is 11.4. The fourth-order valence-corrected chi connectivity index (χ4v) is 4.27. The minimum atomic E-state index is 0.390. The van der Waals surface area contributed by atoms with Gasteiger partial charge in [0.1, 0.15) is 5.75 Å². The summed E-state index contributed by atoms with van der Waals surface area (Å²) in [4.78, 5) is 0. The van der Waals surface area contributed by atoms with Gasteiger partial charge in [0.2, 0.25) is 0 Å². The molecule has 1 aromatic carbocycles. The number of rotatable bonds is 19. The number of phenolic OH excluding ortho intramolecular Hbond substituents is 1. The summed E-state index contributed by atoms with van der Waals surface area (Å²) in [5.41, 5.74) is 1.43. The van der Waals surface area contributed by atoms with E-state index in [9.17, 15) is 5.11 Å². The maximum atomic E-state index is 9.61. The lowest BCUT2D eigenvalue weighted by atomic mass is 9.88. The van der Waals surface area contributed by atoms with Crippen LogP contribution in [0.5, 0.6) is 5.75 Å².